The lowest BCUT2D eigenvalue weighted by molar-refractivity contribution is 0.169. The van der Waals surface area contributed by atoms with Gasteiger partial charge in [-0.2, -0.15) is 5.26 Å². The van der Waals surface area contributed by atoms with Gasteiger partial charge in [0, 0.05) is 16.8 Å². The molecule has 0 fully saturated rings. The van der Waals surface area contributed by atoms with Crippen molar-refractivity contribution < 1.29 is 9.52 Å². The molecule has 116 valence electrons. The topological polar surface area (TPSA) is 70.0 Å². The fourth-order valence-corrected chi connectivity index (χ4v) is 2.94. The van der Waals surface area contributed by atoms with Crippen LogP contribution in [0.25, 0.3) is 21.9 Å². The zero-order valence-electron chi connectivity index (χ0n) is 12.8. The minimum Gasteiger partial charge on any atom is -0.441 e. The van der Waals surface area contributed by atoms with Crippen molar-refractivity contribution in [1.29, 1.82) is 5.26 Å². The first-order valence-corrected chi connectivity index (χ1v) is 7.70. The van der Waals surface area contributed by atoms with Crippen LogP contribution in [0.3, 0.4) is 0 Å². The summed E-state index contributed by atoms with van der Waals surface area (Å²) in [6, 6.07) is 21.0. The van der Waals surface area contributed by atoms with Crippen LogP contribution < -0.4 is 0 Å². The Labute approximate surface area is 138 Å². The van der Waals surface area contributed by atoms with Crippen molar-refractivity contribution in [3.63, 3.8) is 0 Å². The van der Waals surface area contributed by atoms with E-state index in [4.69, 9.17) is 4.42 Å². The molecule has 0 aliphatic rings. The van der Waals surface area contributed by atoms with Crippen LogP contribution in [0.15, 0.2) is 65.1 Å². The first-order chi connectivity index (χ1) is 11.8. The van der Waals surface area contributed by atoms with Crippen molar-refractivity contribution in [3.05, 3.63) is 77.7 Å². The third-order valence-electron chi connectivity index (χ3n) is 4.12. The van der Waals surface area contributed by atoms with E-state index >= 15 is 0 Å². The molecular weight excluding hydrogens is 300 g/mol. The van der Waals surface area contributed by atoms with E-state index in [1.165, 1.54) is 0 Å². The Morgan fingerprint density at radius 3 is 2.50 bits per heavy atom. The van der Waals surface area contributed by atoms with Crippen LogP contribution in [0.2, 0.25) is 0 Å². The molecule has 1 unspecified atom stereocenters. The molecule has 4 nitrogen and oxygen atoms in total. The van der Waals surface area contributed by atoms with Crippen molar-refractivity contribution in [3.8, 4) is 6.07 Å². The van der Waals surface area contributed by atoms with Gasteiger partial charge in [-0.05, 0) is 5.56 Å². The molecule has 4 heteroatoms. The number of nitriles is 1. The number of aliphatic hydroxyl groups is 1. The smallest absolute Gasteiger partial charge is 0.198 e. The monoisotopic (exact) mass is 314 g/mol. The van der Waals surface area contributed by atoms with Gasteiger partial charge >= 0.3 is 0 Å². The van der Waals surface area contributed by atoms with Gasteiger partial charge in [0.15, 0.2) is 11.5 Å². The maximum absolute atomic E-state index is 10.4. The molecule has 0 saturated carbocycles. The minimum atomic E-state index is -0.680. The molecule has 0 bridgehead atoms. The molecule has 0 radical (unpaired) electrons. The Hall–Kier alpha value is -3.16. The molecule has 3 aromatic carbocycles. The first kappa shape index (κ1) is 14.4. The second-order valence-electron chi connectivity index (χ2n) is 5.67. The number of hydrogen-bond acceptors (Lipinski definition) is 4. The van der Waals surface area contributed by atoms with Gasteiger partial charge in [-0.25, -0.2) is 4.98 Å². The normalized spacial score (nSPS) is 12.3. The third kappa shape index (κ3) is 2.41. The van der Waals surface area contributed by atoms with Gasteiger partial charge in [-0.15, -0.1) is 0 Å². The van der Waals surface area contributed by atoms with E-state index in [0.29, 0.717) is 17.0 Å². The maximum atomic E-state index is 10.4. The Morgan fingerprint density at radius 1 is 1.04 bits per heavy atom. The Morgan fingerprint density at radius 2 is 1.75 bits per heavy atom. The van der Waals surface area contributed by atoms with E-state index in [-0.39, 0.29) is 6.42 Å². The summed E-state index contributed by atoms with van der Waals surface area (Å²) in [4.78, 5) is 4.55. The summed E-state index contributed by atoms with van der Waals surface area (Å²) < 4.78 is 5.79. The van der Waals surface area contributed by atoms with Gasteiger partial charge in [-0.3, -0.25) is 0 Å². The fraction of sp³-hybridized carbons (Fsp3) is 0.100. The number of rotatable bonds is 3. The first-order valence-electron chi connectivity index (χ1n) is 7.70. The summed E-state index contributed by atoms with van der Waals surface area (Å²) in [5.41, 5.74) is 2.67. The highest BCUT2D eigenvalue weighted by Gasteiger charge is 2.16. The van der Waals surface area contributed by atoms with E-state index in [1.54, 1.807) is 6.07 Å². The molecular formula is C20H14N2O2. The molecule has 24 heavy (non-hydrogen) atoms. The lowest BCUT2D eigenvalue weighted by atomic mass is 10.0. The number of hydrogen-bond donors (Lipinski definition) is 1. The lowest BCUT2D eigenvalue weighted by Crippen LogP contribution is -2.01. The van der Waals surface area contributed by atoms with Gasteiger partial charge in [0.2, 0.25) is 0 Å². The van der Waals surface area contributed by atoms with Gasteiger partial charge in [-0.1, -0.05) is 54.6 Å². The molecule has 4 aromatic rings. The zero-order chi connectivity index (χ0) is 16.5. The Kier molecular flexibility index (Phi) is 3.49. The van der Waals surface area contributed by atoms with Crippen LogP contribution in [0.4, 0.5) is 0 Å². The molecule has 4 rings (SSSR count). The van der Waals surface area contributed by atoms with Crippen molar-refractivity contribution >= 4 is 21.9 Å². The number of fused-ring (bicyclic) bond motifs is 3. The Balaban J connectivity index is 1.79. The van der Waals surface area contributed by atoms with Crippen molar-refractivity contribution in [2.24, 2.45) is 0 Å². The second-order valence-corrected chi connectivity index (χ2v) is 5.67. The number of aromatic nitrogens is 1. The summed E-state index contributed by atoms with van der Waals surface area (Å²) in [6.45, 7) is 0. The van der Waals surface area contributed by atoms with Gasteiger partial charge < -0.3 is 9.52 Å². The molecule has 1 atom stereocenters. The van der Waals surface area contributed by atoms with E-state index in [2.05, 4.69) is 11.1 Å². The molecule has 0 aliphatic carbocycles. The predicted molar refractivity (Wildman–Crippen MR) is 91.3 cm³/mol. The highest BCUT2D eigenvalue weighted by molar-refractivity contribution is 6.06. The standard InChI is InChI=1S/C20H14N2O2/c21-12-14-10-18-20(16-9-5-4-8-15(14)16)22-19(24-18)11-17(23)13-6-2-1-3-7-13/h1-10,17,23H,11H2. The van der Waals surface area contributed by atoms with Crippen LogP contribution >= 0.6 is 0 Å². The fourth-order valence-electron chi connectivity index (χ4n) is 2.94. The van der Waals surface area contributed by atoms with Crippen LogP contribution in [0, 0.1) is 11.3 Å². The highest BCUT2D eigenvalue weighted by atomic mass is 16.4. The molecule has 0 aliphatic heterocycles. The number of oxazole rings is 1. The minimum absolute atomic E-state index is 0.287. The number of nitrogens with zero attached hydrogens (tertiary/aromatic N) is 2. The second kappa shape index (κ2) is 5.80. The molecule has 1 N–H and O–H groups in total. The summed E-state index contributed by atoms with van der Waals surface area (Å²) >= 11 is 0. The van der Waals surface area contributed by atoms with E-state index in [9.17, 15) is 10.4 Å². The van der Waals surface area contributed by atoms with Crippen LogP contribution in [0.5, 0.6) is 0 Å². The molecule has 0 amide bonds. The zero-order valence-corrected chi connectivity index (χ0v) is 12.8. The largest absolute Gasteiger partial charge is 0.441 e. The highest BCUT2D eigenvalue weighted by Crippen LogP contribution is 2.30. The SMILES string of the molecule is N#Cc1cc2oc(CC(O)c3ccccc3)nc2c2ccccc12. The van der Waals surface area contributed by atoms with E-state index in [1.807, 2.05) is 54.6 Å². The van der Waals surface area contributed by atoms with E-state index < -0.39 is 6.10 Å². The van der Waals surface area contributed by atoms with Crippen molar-refractivity contribution in [1.82, 2.24) is 4.98 Å². The lowest BCUT2D eigenvalue weighted by Gasteiger charge is -2.07. The summed E-state index contributed by atoms with van der Waals surface area (Å²) in [7, 11) is 0. The van der Waals surface area contributed by atoms with Crippen molar-refractivity contribution in [2.45, 2.75) is 12.5 Å². The van der Waals surface area contributed by atoms with E-state index in [0.717, 1.165) is 21.9 Å². The molecule has 1 aromatic heterocycles. The predicted octanol–water partition coefficient (Wildman–Crippen LogP) is 4.13. The molecule has 0 spiro atoms. The number of aliphatic hydroxyl groups excluding tert-OH is 1. The quantitative estimate of drug-likeness (QED) is 0.617. The summed E-state index contributed by atoms with van der Waals surface area (Å²) in [5, 5.41) is 21.4. The van der Waals surface area contributed by atoms with Crippen LogP contribution in [-0.4, -0.2) is 10.1 Å². The van der Waals surface area contributed by atoms with Gasteiger partial charge in [0.05, 0.1) is 24.2 Å². The Bertz CT molecular complexity index is 1060. The molecule has 0 saturated heterocycles. The number of benzene rings is 3. The van der Waals surface area contributed by atoms with Crippen LogP contribution in [-0.2, 0) is 6.42 Å². The van der Waals surface area contributed by atoms with Crippen molar-refractivity contribution in [2.75, 3.05) is 0 Å². The average molecular weight is 314 g/mol. The summed E-state index contributed by atoms with van der Waals surface area (Å²) in [5.74, 6) is 0.460. The summed E-state index contributed by atoms with van der Waals surface area (Å²) in [6.07, 6.45) is -0.393. The average Bonchev–Trinajstić information content (AvgIpc) is 3.04. The van der Waals surface area contributed by atoms with Crippen LogP contribution in [0.1, 0.15) is 23.1 Å². The molecule has 1 heterocycles. The van der Waals surface area contributed by atoms with Gasteiger partial charge in [0.25, 0.3) is 0 Å². The third-order valence-corrected chi connectivity index (χ3v) is 4.12. The van der Waals surface area contributed by atoms with Gasteiger partial charge in [0.1, 0.15) is 5.52 Å². The maximum Gasteiger partial charge on any atom is 0.198 e.